The van der Waals surface area contributed by atoms with Crippen LogP contribution in [0, 0.1) is 5.92 Å². The first-order valence-electron chi connectivity index (χ1n) is 9.82. The molecular weight excluding hydrogens is 364 g/mol. The highest BCUT2D eigenvalue weighted by molar-refractivity contribution is 6.30. The summed E-state index contributed by atoms with van der Waals surface area (Å²) in [7, 11) is 0. The quantitative estimate of drug-likeness (QED) is 0.426. The largest absolute Gasteiger partial charge is 0.412 e. The molecule has 1 aromatic carbocycles. The Morgan fingerprint density at radius 1 is 1.19 bits per heavy atom. The zero-order chi connectivity index (χ0) is 19.3. The molecule has 0 bridgehead atoms. The predicted molar refractivity (Wildman–Crippen MR) is 109 cm³/mol. The molecule has 150 valence electrons. The second kappa shape index (κ2) is 12.8. The first-order valence-corrected chi connectivity index (χ1v) is 10.2. The van der Waals surface area contributed by atoms with Crippen LogP contribution in [-0.4, -0.2) is 38.4 Å². The van der Waals surface area contributed by atoms with E-state index in [2.05, 4.69) is 17.2 Å². The monoisotopic (exact) mass is 394 g/mol. The average molecular weight is 395 g/mol. The third kappa shape index (κ3) is 9.27. The number of benzene rings is 1. The summed E-state index contributed by atoms with van der Waals surface area (Å²) < 4.78 is 11.2. The maximum atomic E-state index is 11.9. The summed E-state index contributed by atoms with van der Waals surface area (Å²) in [5, 5.41) is 6.84. The summed E-state index contributed by atoms with van der Waals surface area (Å²) in [6, 6.07) is 6.75. The highest BCUT2D eigenvalue weighted by atomic mass is 35.5. The van der Waals surface area contributed by atoms with E-state index < -0.39 is 6.09 Å². The van der Waals surface area contributed by atoms with Crippen LogP contribution in [0.3, 0.4) is 0 Å². The van der Waals surface area contributed by atoms with Crippen molar-refractivity contribution in [3.8, 4) is 5.75 Å². The maximum absolute atomic E-state index is 11.9. The molecule has 0 spiro atoms. The number of amides is 1. The number of ether oxygens (including phenoxy) is 2. The van der Waals surface area contributed by atoms with Gasteiger partial charge in [0.1, 0.15) is 5.75 Å². The van der Waals surface area contributed by atoms with Crippen LogP contribution in [-0.2, 0) is 4.74 Å². The van der Waals surface area contributed by atoms with E-state index in [0.717, 1.165) is 58.2 Å². The number of nitrogens with one attached hydrogen (secondary N) is 2. The van der Waals surface area contributed by atoms with Gasteiger partial charge in [-0.1, -0.05) is 17.7 Å². The average Bonchev–Trinajstić information content (AvgIpc) is 2.68. The minimum absolute atomic E-state index is 0.357. The molecule has 2 rings (SSSR count). The van der Waals surface area contributed by atoms with Crippen molar-refractivity contribution < 1.29 is 14.3 Å². The van der Waals surface area contributed by atoms with Crippen LogP contribution >= 0.6 is 11.6 Å². The van der Waals surface area contributed by atoms with Gasteiger partial charge in [0, 0.05) is 18.2 Å². The summed E-state index contributed by atoms with van der Waals surface area (Å²) in [4.78, 5) is 11.9. The topological polar surface area (TPSA) is 59.6 Å². The molecule has 0 aromatic heterocycles. The van der Waals surface area contributed by atoms with Crippen LogP contribution in [0.25, 0.3) is 0 Å². The van der Waals surface area contributed by atoms with Gasteiger partial charge in [-0.2, -0.15) is 0 Å². The fraction of sp³-hybridized carbons (Fsp3) is 0.571. The molecular formula is C21H31ClN2O3. The van der Waals surface area contributed by atoms with Crippen molar-refractivity contribution in [1.29, 1.82) is 0 Å². The van der Waals surface area contributed by atoms with E-state index in [1.165, 1.54) is 0 Å². The Morgan fingerprint density at radius 2 is 1.93 bits per heavy atom. The van der Waals surface area contributed by atoms with Gasteiger partial charge in [-0.05, 0) is 81.8 Å². The number of hydrogen-bond acceptors (Lipinski definition) is 4. The van der Waals surface area contributed by atoms with Gasteiger partial charge in [0.25, 0.3) is 0 Å². The Kier molecular flexibility index (Phi) is 10.3. The van der Waals surface area contributed by atoms with E-state index in [-0.39, 0.29) is 0 Å². The first-order chi connectivity index (χ1) is 13.2. The smallest absolute Gasteiger partial charge is 0.410 e. The third-order valence-corrected chi connectivity index (χ3v) is 4.98. The second-order valence-corrected chi connectivity index (χ2v) is 7.36. The number of carbonyl (C=O) groups is 1. The summed E-state index contributed by atoms with van der Waals surface area (Å²) in [6.45, 7) is 7.14. The standard InChI is InChI=1S/C21H31ClN2O3/c1-2-3-13-23-14-4-15-26-19-9-5-17(6-10-19)16-24-21(25)27-20-11-7-18(22)8-12-20/h2,7-8,11-12,17,19,23H,1,3-6,9-10,13-16H2,(H,24,25). The summed E-state index contributed by atoms with van der Waals surface area (Å²) >= 11 is 5.82. The van der Waals surface area contributed by atoms with Gasteiger partial charge in [0.2, 0.25) is 0 Å². The minimum Gasteiger partial charge on any atom is -0.410 e. The summed E-state index contributed by atoms with van der Waals surface area (Å²) in [5.41, 5.74) is 0. The van der Waals surface area contributed by atoms with Crippen molar-refractivity contribution in [2.75, 3.05) is 26.2 Å². The molecule has 0 saturated heterocycles. The van der Waals surface area contributed by atoms with Gasteiger partial charge in [-0.15, -0.1) is 6.58 Å². The molecule has 1 aliphatic carbocycles. The molecule has 1 aliphatic rings. The van der Waals surface area contributed by atoms with Crippen LogP contribution < -0.4 is 15.4 Å². The van der Waals surface area contributed by atoms with Crippen LogP contribution in [0.1, 0.15) is 38.5 Å². The number of rotatable bonds is 11. The van der Waals surface area contributed by atoms with Crippen molar-refractivity contribution >= 4 is 17.7 Å². The molecule has 0 radical (unpaired) electrons. The van der Waals surface area contributed by atoms with Gasteiger partial charge >= 0.3 is 6.09 Å². The zero-order valence-corrected chi connectivity index (χ0v) is 16.7. The molecule has 1 amide bonds. The maximum Gasteiger partial charge on any atom is 0.412 e. The Bertz CT molecular complexity index is 557. The lowest BCUT2D eigenvalue weighted by Crippen LogP contribution is -2.34. The first kappa shape index (κ1) is 21.7. The van der Waals surface area contributed by atoms with Crippen LogP contribution in [0.4, 0.5) is 4.79 Å². The molecule has 6 heteroatoms. The molecule has 0 atom stereocenters. The van der Waals surface area contributed by atoms with E-state index in [9.17, 15) is 4.79 Å². The van der Waals surface area contributed by atoms with Gasteiger partial charge in [0.15, 0.2) is 0 Å². The fourth-order valence-electron chi connectivity index (χ4n) is 3.15. The summed E-state index contributed by atoms with van der Waals surface area (Å²) in [6.07, 6.45) is 8.17. The van der Waals surface area contributed by atoms with E-state index in [4.69, 9.17) is 21.1 Å². The number of halogens is 1. The Labute approximate surface area is 167 Å². The third-order valence-electron chi connectivity index (χ3n) is 4.73. The molecule has 0 aliphatic heterocycles. The van der Waals surface area contributed by atoms with Crippen molar-refractivity contribution in [2.45, 2.75) is 44.6 Å². The fourth-order valence-corrected chi connectivity index (χ4v) is 3.28. The Morgan fingerprint density at radius 3 is 2.63 bits per heavy atom. The van der Waals surface area contributed by atoms with Gasteiger partial charge in [-0.25, -0.2) is 4.79 Å². The number of hydrogen-bond donors (Lipinski definition) is 2. The predicted octanol–water partition coefficient (Wildman–Crippen LogP) is 4.56. The van der Waals surface area contributed by atoms with Crippen LogP contribution in [0.15, 0.2) is 36.9 Å². The molecule has 2 N–H and O–H groups in total. The lowest BCUT2D eigenvalue weighted by Gasteiger charge is -2.28. The van der Waals surface area contributed by atoms with E-state index in [0.29, 0.717) is 29.3 Å². The molecule has 1 aromatic rings. The van der Waals surface area contributed by atoms with Gasteiger partial charge < -0.3 is 20.1 Å². The number of carbonyl (C=O) groups excluding carboxylic acids is 1. The van der Waals surface area contributed by atoms with E-state index >= 15 is 0 Å². The molecule has 0 heterocycles. The Balaban J connectivity index is 1.51. The van der Waals surface area contributed by atoms with E-state index in [1.807, 2.05) is 6.08 Å². The minimum atomic E-state index is -0.417. The van der Waals surface area contributed by atoms with Gasteiger partial charge in [-0.3, -0.25) is 0 Å². The SMILES string of the molecule is C=CCCNCCCOC1CCC(CNC(=O)Oc2ccc(Cl)cc2)CC1. The molecule has 1 saturated carbocycles. The normalized spacial score (nSPS) is 19.4. The summed E-state index contributed by atoms with van der Waals surface area (Å²) in [5.74, 6) is 0.983. The lowest BCUT2D eigenvalue weighted by molar-refractivity contribution is 0.0173. The van der Waals surface area contributed by atoms with Crippen molar-refractivity contribution in [1.82, 2.24) is 10.6 Å². The van der Waals surface area contributed by atoms with Crippen LogP contribution in [0.2, 0.25) is 5.02 Å². The molecule has 0 unspecified atom stereocenters. The highest BCUT2D eigenvalue weighted by Crippen LogP contribution is 2.26. The van der Waals surface area contributed by atoms with Gasteiger partial charge in [0.05, 0.1) is 6.10 Å². The van der Waals surface area contributed by atoms with Crippen molar-refractivity contribution in [3.63, 3.8) is 0 Å². The zero-order valence-electron chi connectivity index (χ0n) is 15.9. The lowest BCUT2D eigenvalue weighted by atomic mass is 9.87. The molecule has 5 nitrogen and oxygen atoms in total. The molecule has 1 fully saturated rings. The second-order valence-electron chi connectivity index (χ2n) is 6.92. The van der Waals surface area contributed by atoms with Crippen molar-refractivity contribution in [2.24, 2.45) is 5.92 Å². The van der Waals surface area contributed by atoms with Crippen molar-refractivity contribution in [3.05, 3.63) is 41.9 Å². The highest BCUT2D eigenvalue weighted by Gasteiger charge is 2.22. The molecule has 27 heavy (non-hydrogen) atoms. The van der Waals surface area contributed by atoms with E-state index in [1.54, 1.807) is 24.3 Å². The van der Waals surface area contributed by atoms with Crippen LogP contribution in [0.5, 0.6) is 5.75 Å². The Hall–Kier alpha value is -1.56.